The lowest BCUT2D eigenvalue weighted by atomic mass is 9.82. The Kier molecular flexibility index (Phi) is 8.50. The van der Waals surface area contributed by atoms with Crippen LogP contribution >= 0.6 is 0 Å². The molecule has 0 aromatic heterocycles. The van der Waals surface area contributed by atoms with Gasteiger partial charge in [-0.2, -0.15) is 0 Å². The van der Waals surface area contributed by atoms with Crippen LogP contribution < -0.4 is 0 Å². The maximum absolute atomic E-state index is 12.4. The molecule has 2 aromatic rings. The van der Waals surface area contributed by atoms with E-state index in [9.17, 15) is 9.90 Å². The number of unbranched alkanes of at least 4 members (excludes halogenated alkanes) is 3. The number of esters is 1. The van der Waals surface area contributed by atoms with Crippen molar-refractivity contribution < 1.29 is 14.6 Å². The molecule has 3 rings (SSSR count). The normalized spacial score (nSPS) is 20.0. The number of carbonyl (C=O) groups excluding carboxylic acids is 1. The van der Waals surface area contributed by atoms with Gasteiger partial charge in [-0.1, -0.05) is 62.6 Å². The van der Waals surface area contributed by atoms with Crippen LogP contribution in [0.1, 0.15) is 93.5 Å². The molecule has 162 valence electrons. The number of rotatable bonds is 9. The van der Waals surface area contributed by atoms with Gasteiger partial charge >= 0.3 is 5.97 Å². The lowest BCUT2D eigenvalue weighted by molar-refractivity contribution is 0.0319. The van der Waals surface area contributed by atoms with Crippen LogP contribution in [0.25, 0.3) is 11.1 Å². The molecule has 1 saturated carbocycles. The zero-order valence-electron chi connectivity index (χ0n) is 18.5. The minimum Gasteiger partial charge on any atom is -0.459 e. The van der Waals surface area contributed by atoms with Crippen molar-refractivity contribution in [3.8, 4) is 11.1 Å². The summed E-state index contributed by atoms with van der Waals surface area (Å²) < 4.78 is 5.60. The van der Waals surface area contributed by atoms with E-state index in [0.29, 0.717) is 11.5 Å². The molecule has 0 aliphatic heterocycles. The molecule has 3 heteroatoms. The first-order valence-electron chi connectivity index (χ1n) is 11.7. The van der Waals surface area contributed by atoms with E-state index in [0.717, 1.165) is 49.7 Å². The Labute approximate surface area is 181 Å². The van der Waals surface area contributed by atoms with Gasteiger partial charge in [-0.05, 0) is 80.2 Å². The number of aliphatic hydroxyl groups excluding tert-OH is 1. The molecule has 0 spiro atoms. The summed E-state index contributed by atoms with van der Waals surface area (Å²) >= 11 is 0. The van der Waals surface area contributed by atoms with Crippen molar-refractivity contribution in [2.24, 2.45) is 0 Å². The molecule has 0 amide bonds. The van der Waals surface area contributed by atoms with Crippen LogP contribution in [-0.2, 0) is 4.74 Å². The molecular formula is C27H36O3. The fourth-order valence-electron chi connectivity index (χ4n) is 4.32. The third-order valence-corrected chi connectivity index (χ3v) is 6.31. The lowest BCUT2D eigenvalue weighted by Crippen LogP contribution is -2.16. The van der Waals surface area contributed by atoms with Crippen LogP contribution in [0, 0.1) is 0 Å². The van der Waals surface area contributed by atoms with Gasteiger partial charge in [-0.3, -0.25) is 0 Å². The molecule has 0 bridgehead atoms. The summed E-state index contributed by atoms with van der Waals surface area (Å²) in [5.74, 6) is 0.322. The Morgan fingerprint density at radius 2 is 1.53 bits per heavy atom. The van der Waals surface area contributed by atoms with Crippen molar-refractivity contribution in [1.82, 2.24) is 0 Å². The second kappa shape index (κ2) is 11.3. The zero-order valence-corrected chi connectivity index (χ0v) is 18.5. The summed E-state index contributed by atoms with van der Waals surface area (Å²) in [5.41, 5.74) is 4.22. The number of hydrogen-bond donors (Lipinski definition) is 1. The molecule has 1 fully saturated rings. The first kappa shape index (κ1) is 22.6. The minimum absolute atomic E-state index is 0.0394. The Hall–Kier alpha value is -2.13. The number of benzene rings is 2. The first-order chi connectivity index (χ1) is 14.6. The van der Waals surface area contributed by atoms with Gasteiger partial charge in [0, 0.05) is 0 Å². The van der Waals surface area contributed by atoms with Crippen LogP contribution in [0.4, 0.5) is 0 Å². The lowest BCUT2D eigenvalue weighted by Gasteiger charge is -2.25. The molecule has 0 saturated heterocycles. The average Bonchev–Trinajstić information content (AvgIpc) is 2.77. The van der Waals surface area contributed by atoms with Gasteiger partial charge in [-0.15, -0.1) is 0 Å². The molecule has 1 atom stereocenters. The molecule has 0 heterocycles. The van der Waals surface area contributed by atoms with E-state index >= 15 is 0 Å². The SMILES string of the molecule is CCCCCC[C@@H](C)OC(=O)c1ccc(-c2ccc(C3CCC(O)CC3)cc2)cc1. The molecule has 1 aliphatic carbocycles. The second-order valence-electron chi connectivity index (χ2n) is 8.77. The third-order valence-electron chi connectivity index (χ3n) is 6.31. The van der Waals surface area contributed by atoms with Crippen molar-refractivity contribution in [2.75, 3.05) is 0 Å². The predicted octanol–water partition coefficient (Wildman–Crippen LogP) is 6.89. The van der Waals surface area contributed by atoms with Crippen LogP contribution in [0.15, 0.2) is 48.5 Å². The van der Waals surface area contributed by atoms with E-state index in [1.807, 2.05) is 31.2 Å². The molecule has 1 N–H and O–H groups in total. The van der Waals surface area contributed by atoms with Crippen LogP contribution in [-0.4, -0.2) is 23.3 Å². The van der Waals surface area contributed by atoms with Gasteiger partial charge in [0.15, 0.2) is 0 Å². The van der Waals surface area contributed by atoms with Gasteiger partial charge in [-0.25, -0.2) is 4.79 Å². The molecule has 30 heavy (non-hydrogen) atoms. The number of hydrogen-bond acceptors (Lipinski definition) is 3. The summed E-state index contributed by atoms with van der Waals surface area (Å²) in [5, 5.41) is 9.70. The highest BCUT2D eigenvalue weighted by molar-refractivity contribution is 5.90. The monoisotopic (exact) mass is 408 g/mol. The predicted molar refractivity (Wildman–Crippen MR) is 123 cm³/mol. The minimum atomic E-state index is -0.237. The number of carbonyl (C=O) groups is 1. The number of aliphatic hydroxyl groups is 1. The second-order valence-corrected chi connectivity index (χ2v) is 8.77. The first-order valence-corrected chi connectivity index (χ1v) is 11.7. The molecule has 1 aliphatic rings. The highest BCUT2D eigenvalue weighted by Crippen LogP contribution is 2.33. The Bertz CT molecular complexity index is 771. The van der Waals surface area contributed by atoms with Crippen LogP contribution in [0.5, 0.6) is 0 Å². The average molecular weight is 409 g/mol. The highest BCUT2D eigenvalue weighted by atomic mass is 16.5. The van der Waals surface area contributed by atoms with E-state index < -0.39 is 0 Å². The van der Waals surface area contributed by atoms with E-state index in [2.05, 4.69) is 31.2 Å². The van der Waals surface area contributed by atoms with Gasteiger partial charge in [0.25, 0.3) is 0 Å². The molecule has 3 nitrogen and oxygen atoms in total. The van der Waals surface area contributed by atoms with Crippen molar-refractivity contribution >= 4 is 5.97 Å². The van der Waals surface area contributed by atoms with Crippen molar-refractivity contribution in [2.45, 2.75) is 89.8 Å². The van der Waals surface area contributed by atoms with Gasteiger partial charge < -0.3 is 9.84 Å². The van der Waals surface area contributed by atoms with Gasteiger partial charge in [0.2, 0.25) is 0 Å². The van der Waals surface area contributed by atoms with Gasteiger partial charge in [0.1, 0.15) is 0 Å². The quantitative estimate of drug-likeness (QED) is 0.363. The Morgan fingerprint density at radius 3 is 2.13 bits per heavy atom. The van der Waals surface area contributed by atoms with E-state index in [1.54, 1.807) is 0 Å². The molecular weight excluding hydrogens is 372 g/mol. The fourth-order valence-corrected chi connectivity index (χ4v) is 4.32. The van der Waals surface area contributed by atoms with Crippen LogP contribution in [0.3, 0.4) is 0 Å². The standard InChI is InChI=1S/C27H36O3/c1-3-4-5-6-7-20(2)30-27(29)25-14-12-23(13-15-25)21-8-10-22(11-9-21)24-16-18-26(28)19-17-24/h8-15,20,24,26,28H,3-7,16-19H2,1-2H3/t20-,24?,26?/m1/s1. The van der Waals surface area contributed by atoms with E-state index in [-0.39, 0.29) is 18.2 Å². The van der Waals surface area contributed by atoms with E-state index in [4.69, 9.17) is 4.74 Å². The smallest absolute Gasteiger partial charge is 0.338 e. The summed E-state index contributed by atoms with van der Waals surface area (Å²) in [6, 6.07) is 16.4. The number of ether oxygens (including phenoxy) is 1. The summed E-state index contributed by atoms with van der Waals surface area (Å²) in [6.45, 7) is 4.18. The summed E-state index contributed by atoms with van der Waals surface area (Å²) in [6.07, 6.45) is 9.48. The van der Waals surface area contributed by atoms with Crippen molar-refractivity contribution in [3.05, 3.63) is 59.7 Å². The Morgan fingerprint density at radius 1 is 0.933 bits per heavy atom. The van der Waals surface area contributed by atoms with Crippen molar-refractivity contribution in [3.63, 3.8) is 0 Å². The Balaban J connectivity index is 1.54. The zero-order chi connectivity index (χ0) is 21.3. The van der Waals surface area contributed by atoms with E-state index in [1.165, 1.54) is 24.8 Å². The largest absolute Gasteiger partial charge is 0.459 e. The molecule has 2 aromatic carbocycles. The third kappa shape index (κ3) is 6.43. The summed E-state index contributed by atoms with van der Waals surface area (Å²) in [4.78, 5) is 12.4. The van der Waals surface area contributed by atoms with Crippen molar-refractivity contribution in [1.29, 1.82) is 0 Å². The molecule has 0 unspecified atom stereocenters. The van der Waals surface area contributed by atoms with Crippen LogP contribution in [0.2, 0.25) is 0 Å². The molecule has 0 radical (unpaired) electrons. The summed E-state index contributed by atoms with van der Waals surface area (Å²) in [7, 11) is 0. The van der Waals surface area contributed by atoms with Gasteiger partial charge in [0.05, 0.1) is 17.8 Å². The topological polar surface area (TPSA) is 46.5 Å². The fraction of sp³-hybridized carbons (Fsp3) is 0.519. The highest BCUT2D eigenvalue weighted by Gasteiger charge is 2.20. The maximum Gasteiger partial charge on any atom is 0.338 e. The maximum atomic E-state index is 12.4.